The number of aromatic nitrogens is 2. The molecule has 6 heteroatoms. The Morgan fingerprint density at radius 3 is 2.48 bits per heavy atom. The number of rotatable bonds is 8. The van der Waals surface area contributed by atoms with E-state index in [1.54, 1.807) is 6.07 Å². The maximum atomic E-state index is 13.2. The molecule has 4 rings (SSSR count). The fourth-order valence-electron chi connectivity index (χ4n) is 3.28. The third-order valence-corrected chi connectivity index (χ3v) is 5.54. The monoisotopic (exact) mass is 477 g/mol. The summed E-state index contributed by atoms with van der Waals surface area (Å²) in [5, 5.41) is 0.579. The third kappa shape index (κ3) is 4.97. The molecule has 0 atom stereocenters. The van der Waals surface area contributed by atoms with E-state index in [0.717, 1.165) is 40.8 Å². The van der Waals surface area contributed by atoms with Crippen molar-refractivity contribution in [1.82, 2.24) is 9.66 Å². The minimum Gasteiger partial charge on any atom is -0.494 e. The van der Waals surface area contributed by atoms with Crippen LogP contribution in [0.1, 0.15) is 25.3 Å². The molecule has 0 aliphatic heterocycles. The number of hydrogen-bond acceptors (Lipinski definition) is 4. The number of benzene rings is 3. The van der Waals surface area contributed by atoms with Crippen molar-refractivity contribution in [2.24, 2.45) is 0 Å². The molecule has 0 spiro atoms. The lowest BCUT2D eigenvalue weighted by Gasteiger charge is -2.16. The maximum absolute atomic E-state index is 13.2. The van der Waals surface area contributed by atoms with Gasteiger partial charge in [0.25, 0.3) is 5.56 Å². The fourth-order valence-corrected chi connectivity index (χ4v) is 3.54. The van der Waals surface area contributed by atoms with Gasteiger partial charge in [0.05, 0.1) is 24.1 Å². The molecular formula is C25H24BrN3O2. The Morgan fingerprint density at radius 1 is 1.00 bits per heavy atom. The van der Waals surface area contributed by atoms with Gasteiger partial charge < -0.3 is 10.2 Å². The van der Waals surface area contributed by atoms with Crippen molar-refractivity contribution in [3.63, 3.8) is 0 Å². The van der Waals surface area contributed by atoms with Gasteiger partial charge >= 0.3 is 0 Å². The van der Waals surface area contributed by atoms with Gasteiger partial charge in [0, 0.05) is 10.0 Å². The number of para-hydroxylation sites is 1. The van der Waals surface area contributed by atoms with Crippen molar-refractivity contribution in [1.29, 1.82) is 0 Å². The number of nitrogens with zero attached hydrogens (tertiary/aromatic N) is 2. The molecule has 0 radical (unpaired) electrons. The second-order valence-electron chi connectivity index (χ2n) is 7.28. The molecule has 1 heterocycles. The van der Waals surface area contributed by atoms with Gasteiger partial charge in [0.15, 0.2) is 5.82 Å². The van der Waals surface area contributed by atoms with Crippen LogP contribution >= 0.6 is 15.9 Å². The Morgan fingerprint density at radius 2 is 1.74 bits per heavy atom. The summed E-state index contributed by atoms with van der Waals surface area (Å²) in [4.78, 5) is 18.0. The van der Waals surface area contributed by atoms with E-state index in [9.17, 15) is 4.79 Å². The number of nitrogens with one attached hydrogen (secondary N) is 1. The summed E-state index contributed by atoms with van der Waals surface area (Å²) in [6.45, 7) is 3.35. The summed E-state index contributed by atoms with van der Waals surface area (Å²) in [7, 11) is 0. The highest BCUT2D eigenvalue weighted by Gasteiger charge is 2.13. The van der Waals surface area contributed by atoms with Crippen LogP contribution in [0.15, 0.2) is 82.1 Å². The highest BCUT2D eigenvalue weighted by Crippen LogP contribution is 2.21. The molecule has 0 unspecified atom stereocenters. The zero-order chi connectivity index (χ0) is 21.6. The van der Waals surface area contributed by atoms with Crippen LogP contribution in [-0.2, 0) is 6.54 Å². The lowest BCUT2D eigenvalue weighted by atomic mass is 10.2. The Kier molecular flexibility index (Phi) is 6.67. The van der Waals surface area contributed by atoms with Crippen LogP contribution in [0.25, 0.3) is 22.3 Å². The third-order valence-electron chi connectivity index (χ3n) is 5.01. The molecule has 1 aromatic heterocycles. The van der Waals surface area contributed by atoms with Crippen LogP contribution in [0.4, 0.5) is 0 Å². The van der Waals surface area contributed by atoms with Crippen LogP contribution in [0.2, 0.25) is 0 Å². The predicted octanol–water partition coefficient (Wildman–Crippen LogP) is 5.75. The Labute approximate surface area is 189 Å². The van der Waals surface area contributed by atoms with Crippen molar-refractivity contribution in [2.75, 3.05) is 12.0 Å². The van der Waals surface area contributed by atoms with Crippen molar-refractivity contribution in [3.05, 3.63) is 93.2 Å². The van der Waals surface area contributed by atoms with E-state index >= 15 is 0 Å². The topological polar surface area (TPSA) is 56.1 Å². The summed E-state index contributed by atoms with van der Waals surface area (Å²) < 4.78 is 8.24. The van der Waals surface area contributed by atoms with Crippen LogP contribution in [0, 0.1) is 0 Å². The zero-order valence-corrected chi connectivity index (χ0v) is 18.9. The first kappa shape index (κ1) is 21.1. The van der Waals surface area contributed by atoms with Gasteiger partial charge in [-0.1, -0.05) is 65.7 Å². The van der Waals surface area contributed by atoms with Crippen LogP contribution in [0.3, 0.4) is 0 Å². The van der Waals surface area contributed by atoms with E-state index in [-0.39, 0.29) is 5.56 Å². The van der Waals surface area contributed by atoms with Crippen molar-refractivity contribution < 1.29 is 4.74 Å². The van der Waals surface area contributed by atoms with Gasteiger partial charge in [-0.25, -0.2) is 9.66 Å². The smallest absolute Gasteiger partial charge is 0.280 e. The van der Waals surface area contributed by atoms with E-state index in [0.29, 0.717) is 23.3 Å². The molecule has 0 aliphatic rings. The molecule has 5 nitrogen and oxygen atoms in total. The molecule has 0 amide bonds. The standard InChI is InChI=1S/C25H24BrN3O2/c1-2-3-16-31-21-14-8-18(9-15-21)17-27-29-24(19-10-12-20(26)13-11-19)28-23-7-5-4-6-22(23)25(29)30/h4-15,27H,2-3,16-17H2,1H3. The molecule has 4 aromatic rings. The second-order valence-corrected chi connectivity index (χ2v) is 8.20. The lowest BCUT2D eigenvalue weighted by molar-refractivity contribution is 0.309. The summed E-state index contributed by atoms with van der Waals surface area (Å²) >= 11 is 3.46. The summed E-state index contributed by atoms with van der Waals surface area (Å²) in [5.74, 6) is 1.44. The normalized spacial score (nSPS) is 10.9. The van der Waals surface area contributed by atoms with Gasteiger partial charge in [0.2, 0.25) is 0 Å². The van der Waals surface area contributed by atoms with Crippen LogP contribution in [0.5, 0.6) is 5.75 Å². The van der Waals surface area contributed by atoms with E-state index < -0.39 is 0 Å². The quantitative estimate of drug-likeness (QED) is 0.328. The largest absolute Gasteiger partial charge is 0.494 e. The summed E-state index contributed by atoms with van der Waals surface area (Å²) in [6, 6.07) is 23.1. The first-order valence-corrected chi connectivity index (χ1v) is 11.2. The highest BCUT2D eigenvalue weighted by atomic mass is 79.9. The molecular weight excluding hydrogens is 454 g/mol. The second kappa shape index (κ2) is 9.79. The molecule has 31 heavy (non-hydrogen) atoms. The minimum atomic E-state index is -0.122. The fraction of sp³-hybridized carbons (Fsp3) is 0.200. The molecule has 0 saturated heterocycles. The summed E-state index contributed by atoms with van der Waals surface area (Å²) in [5.41, 5.74) is 5.73. The zero-order valence-electron chi connectivity index (χ0n) is 17.3. The molecule has 3 aromatic carbocycles. The molecule has 158 valence electrons. The van der Waals surface area contributed by atoms with Crippen molar-refractivity contribution in [3.8, 4) is 17.1 Å². The molecule has 0 bridgehead atoms. The lowest BCUT2D eigenvalue weighted by Crippen LogP contribution is -2.31. The molecule has 1 N–H and O–H groups in total. The molecule has 0 aliphatic carbocycles. The average Bonchev–Trinajstić information content (AvgIpc) is 2.80. The maximum Gasteiger partial charge on any atom is 0.280 e. The van der Waals surface area contributed by atoms with E-state index in [2.05, 4.69) is 28.3 Å². The van der Waals surface area contributed by atoms with Crippen molar-refractivity contribution >= 4 is 26.8 Å². The highest BCUT2D eigenvalue weighted by molar-refractivity contribution is 9.10. The van der Waals surface area contributed by atoms with Crippen LogP contribution < -0.4 is 15.7 Å². The SMILES string of the molecule is CCCCOc1ccc(CNn2c(-c3ccc(Br)cc3)nc3ccccc3c2=O)cc1. The predicted molar refractivity (Wildman–Crippen MR) is 129 cm³/mol. The summed E-state index contributed by atoms with van der Waals surface area (Å²) in [6.07, 6.45) is 2.15. The van der Waals surface area contributed by atoms with Gasteiger partial charge in [-0.3, -0.25) is 4.79 Å². The van der Waals surface area contributed by atoms with E-state index in [1.807, 2.05) is 66.7 Å². The Bertz CT molecular complexity index is 1220. The Balaban J connectivity index is 1.63. The number of fused-ring (bicyclic) bond motifs is 1. The number of halogens is 1. The van der Waals surface area contributed by atoms with Gasteiger partial charge in [-0.2, -0.15) is 0 Å². The molecule has 0 saturated carbocycles. The van der Waals surface area contributed by atoms with Gasteiger partial charge in [0.1, 0.15) is 5.75 Å². The number of ether oxygens (including phenoxy) is 1. The average molecular weight is 478 g/mol. The van der Waals surface area contributed by atoms with Gasteiger partial charge in [-0.05, 0) is 48.4 Å². The van der Waals surface area contributed by atoms with E-state index in [4.69, 9.17) is 9.72 Å². The molecule has 0 fully saturated rings. The number of hydrogen-bond donors (Lipinski definition) is 1. The first-order valence-electron chi connectivity index (χ1n) is 10.4. The first-order chi connectivity index (χ1) is 15.2. The van der Waals surface area contributed by atoms with Crippen LogP contribution in [-0.4, -0.2) is 16.3 Å². The van der Waals surface area contributed by atoms with Crippen molar-refractivity contribution in [2.45, 2.75) is 26.3 Å². The Hall–Kier alpha value is -3.12. The number of unbranched alkanes of at least 4 members (excludes halogenated alkanes) is 1. The minimum absolute atomic E-state index is 0.122. The van der Waals surface area contributed by atoms with E-state index in [1.165, 1.54) is 4.68 Å². The van der Waals surface area contributed by atoms with Gasteiger partial charge in [-0.15, -0.1) is 0 Å².